The van der Waals surface area contributed by atoms with Gasteiger partial charge in [-0.15, -0.1) is 0 Å². The van der Waals surface area contributed by atoms with E-state index >= 15 is 0 Å². The van der Waals surface area contributed by atoms with Crippen molar-refractivity contribution in [3.63, 3.8) is 0 Å². The molecule has 1 aliphatic carbocycles. The number of nitrogens with one attached hydrogen (secondary N) is 2. The SMILES string of the molecule is CNC1CCC(NS(=O)(=O)c2ccc(CC#N)cc2)CC1. The number of hydrogen-bond donors (Lipinski definition) is 2. The zero-order valence-corrected chi connectivity index (χ0v) is 13.0. The lowest BCUT2D eigenvalue weighted by atomic mass is 9.92. The van der Waals surface area contributed by atoms with Crippen molar-refractivity contribution < 1.29 is 8.42 Å². The molecule has 0 atom stereocenters. The molecule has 2 rings (SSSR count). The van der Waals surface area contributed by atoms with E-state index in [-0.39, 0.29) is 10.9 Å². The Balaban J connectivity index is 2.00. The summed E-state index contributed by atoms with van der Waals surface area (Å²) in [5, 5.41) is 11.9. The molecule has 1 aromatic rings. The van der Waals surface area contributed by atoms with Crippen molar-refractivity contribution in [1.82, 2.24) is 10.0 Å². The van der Waals surface area contributed by atoms with Crippen molar-refractivity contribution >= 4 is 10.0 Å². The summed E-state index contributed by atoms with van der Waals surface area (Å²) < 4.78 is 27.4. The van der Waals surface area contributed by atoms with Crippen molar-refractivity contribution in [2.24, 2.45) is 0 Å². The van der Waals surface area contributed by atoms with Crippen molar-refractivity contribution in [2.45, 2.75) is 49.1 Å². The molecule has 5 nitrogen and oxygen atoms in total. The van der Waals surface area contributed by atoms with Gasteiger partial charge in [-0.1, -0.05) is 12.1 Å². The third-order valence-electron chi connectivity index (χ3n) is 3.97. The van der Waals surface area contributed by atoms with Gasteiger partial charge in [-0.3, -0.25) is 0 Å². The van der Waals surface area contributed by atoms with E-state index in [2.05, 4.69) is 10.0 Å². The van der Waals surface area contributed by atoms with Crippen LogP contribution in [0.2, 0.25) is 0 Å². The lowest BCUT2D eigenvalue weighted by Crippen LogP contribution is -2.41. The molecule has 0 amide bonds. The molecule has 2 N–H and O–H groups in total. The van der Waals surface area contributed by atoms with Gasteiger partial charge in [-0.2, -0.15) is 5.26 Å². The molecule has 0 saturated heterocycles. The average Bonchev–Trinajstić information content (AvgIpc) is 2.48. The van der Waals surface area contributed by atoms with Crippen LogP contribution in [0.25, 0.3) is 0 Å². The molecule has 0 aromatic heterocycles. The van der Waals surface area contributed by atoms with Crippen LogP contribution in [0.1, 0.15) is 31.2 Å². The van der Waals surface area contributed by atoms with Crippen LogP contribution in [0.4, 0.5) is 0 Å². The summed E-state index contributed by atoms with van der Waals surface area (Å²) in [5.41, 5.74) is 0.825. The second kappa shape index (κ2) is 7.03. The fourth-order valence-corrected chi connectivity index (χ4v) is 3.97. The highest BCUT2D eigenvalue weighted by atomic mass is 32.2. The van der Waals surface area contributed by atoms with Crippen LogP contribution in [-0.4, -0.2) is 27.5 Å². The first-order valence-corrected chi connectivity index (χ1v) is 8.69. The maximum Gasteiger partial charge on any atom is 0.240 e. The van der Waals surface area contributed by atoms with Gasteiger partial charge in [0.2, 0.25) is 10.0 Å². The fraction of sp³-hybridized carbons (Fsp3) is 0.533. The second-order valence-corrected chi connectivity index (χ2v) is 7.15. The summed E-state index contributed by atoms with van der Waals surface area (Å²) in [6.45, 7) is 0. The molecule has 0 unspecified atom stereocenters. The molecule has 1 fully saturated rings. The first kappa shape index (κ1) is 16.0. The number of benzene rings is 1. The minimum atomic E-state index is -3.47. The monoisotopic (exact) mass is 307 g/mol. The lowest BCUT2D eigenvalue weighted by Gasteiger charge is -2.28. The molecular formula is C15H21N3O2S. The van der Waals surface area contributed by atoms with Gasteiger partial charge in [-0.05, 0) is 50.4 Å². The van der Waals surface area contributed by atoms with Crippen LogP contribution in [0.5, 0.6) is 0 Å². The Labute approximate surface area is 126 Å². The Bertz CT molecular complexity index is 597. The van der Waals surface area contributed by atoms with Gasteiger partial charge >= 0.3 is 0 Å². The largest absolute Gasteiger partial charge is 0.317 e. The van der Waals surface area contributed by atoms with E-state index in [1.807, 2.05) is 13.1 Å². The van der Waals surface area contributed by atoms with E-state index < -0.39 is 10.0 Å². The van der Waals surface area contributed by atoms with Gasteiger partial charge in [0, 0.05) is 12.1 Å². The van der Waals surface area contributed by atoms with Gasteiger partial charge in [0.05, 0.1) is 17.4 Å². The first-order valence-electron chi connectivity index (χ1n) is 7.20. The van der Waals surface area contributed by atoms with Crippen molar-refractivity contribution in [1.29, 1.82) is 5.26 Å². The molecule has 0 aliphatic heterocycles. The number of hydrogen-bond acceptors (Lipinski definition) is 4. The Kier molecular flexibility index (Phi) is 5.34. The molecule has 1 aliphatic rings. The summed E-state index contributed by atoms with van der Waals surface area (Å²) in [6.07, 6.45) is 3.99. The predicted molar refractivity (Wildman–Crippen MR) is 81.2 cm³/mol. The Morgan fingerprint density at radius 2 is 1.71 bits per heavy atom. The maximum atomic E-state index is 12.3. The Morgan fingerprint density at radius 3 is 2.24 bits per heavy atom. The van der Waals surface area contributed by atoms with Crippen LogP contribution in [0, 0.1) is 11.3 Å². The third kappa shape index (κ3) is 4.27. The highest BCUT2D eigenvalue weighted by molar-refractivity contribution is 7.89. The van der Waals surface area contributed by atoms with E-state index in [0.29, 0.717) is 12.5 Å². The van der Waals surface area contributed by atoms with Gasteiger partial charge < -0.3 is 5.32 Å². The van der Waals surface area contributed by atoms with E-state index in [1.54, 1.807) is 24.3 Å². The topological polar surface area (TPSA) is 82.0 Å². The summed E-state index contributed by atoms with van der Waals surface area (Å²) in [5.74, 6) is 0. The summed E-state index contributed by atoms with van der Waals surface area (Å²) >= 11 is 0. The van der Waals surface area contributed by atoms with Crippen LogP contribution in [-0.2, 0) is 16.4 Å². The maximum absolute atomic E-state index is 12.3. The minimum absolute atomic E-state index is 0.0124. The average molecular weight is 307 g/mol. The normalized spacial score (nSPS) is 22.7. The number of nitrogens with zero attached hydrogens (tertiary/aromatic N) is 1. The fourth-order valence-electron chi connectivity index (χ4n) is 2.67. The van der Waals surface area contributed by atoms with Crippen LogP contribution in [0.15, 0.2) is 29.2 Å². The first-order chi connectivity index (χ1) is 10.0. The number of nitriles is 1. The standard InChI is InChI=1S/C15H21N3O2S/c1-17-13-4-6-14(7-5-13)18-21(19,20)15-8-2-12(3-9-15)10-11-16/h2-3,8-9,13-14,17-18H,4-7,10H2,1H3. The van der Waals surface area contributed by atoms with Gasteiger partial charge in [0.1, 0.15) is 0 Å². The van der Waals surface area contributed by atoms with Crippen molar-refractivity contribution in [3.8, 4) is 6.07 Å². The zero-order chi connectivity index (χ0) is 15.3. The molecule has 1 aromatic carbocycles. The van der Waals surface area contributed by atoms with E-state index in [4.69, 9.17) is 5.26 Å². The minimum Gasteiger partial charge on any atom is -0.317 e. The molecule has 6 heteroatoms. The number of rotatable bonds is 5. The van der Waals surface area contributed by atoms with E-state index in [9.17, 15) is 8.42 Å². The van der Waals surface area contributed by atoms with Crippen molar-refractivity contribution in [3.05, 3.63) is 29.8 Å². The van der Waals surface area contributed by atoms with E-state index in [0.717, 1.165) is 31.2 Å². The highest BCUT2D eigenvalue weighted by Crippen LogP contribution is 2.20. The molecule has 0 radical (unpaired) electrons. The number of sulfonamides is 1. The smallest absolute Gasteiger partial charge is 0.240 e. The molecule has 0 heterocycles. The molecule has 21 heavy (non-hydrogen) atoms. The quantitative estimate of drug-likeness (QED) is 0.865. The van der Waals surface area contributed by atoms with Crippen molar-refractivity contribution in [2.75, 3.05) is 7.05 Å². The molecule has 0 bridgehead atoms. The highest BCUT2D eigenvalue weighted by Gasteiger charge is 2.24. The molecule has 114 valence electrons. The predicted octanol–water partition coefficient (Wildman–Crippen LogP) is 1.56. The van der Waals surface area contributed by atoms with Crippen LogP contribution in [0.3, 0.4) is 0 Å². The summed E-state index contributed by atoms with van der Waals surface area (Å²) in [7, 11) is -1.53. The summed E-state index contributed by atoms with van der Waals surface area (Å²) in [6, 6.07) is 9.06. The van der Waals surface area contributed by atoms with Crippen LogP contribution >= 0.6 is 0 Å². The Morgan fingerprint density at radius 1 is 1.14 bits per heavy atom. The zero-order valence-electron chi connectivity index (χ0n) is 12.2. The van der Waals surface area contributed by atoms with E-state index in [1.165, 1.54) is 0 Å². The third-order valence-corrected chi connectivity index (χ3v) is 5.51. The Hall–Kier alpha value is -1.42. The summed E-state index contributed by atoms with van der Waals surface area (Å²) in [4.78, 5) is 0.264. The second-order valence-electron chi connectivity index (χ2n) is 5.44. The molecular weight excluding hydrogens is 286 g/mol. The van der Waals surface area contributed by atoms with Gasteiger partial charge in [0.15, 0.2) is 0 Å². The van der Waals surface area contributed by atoms with Gasteiger partial charge in [-0.25, -0.2) is 13.1 Å². The van der Waals surface area contributed by atoms with Gasteiger partial charge in [0.25, 0.3) is 0 Å². The van der Waals surface area contributed by atoms with Crippen LogP contribution < -0.4 is 10.0 Å². The molecule has 1 saturated carbocycles. The molecule has 0 spiro atoms. The lowest BCUT2D eigenvalue weighted by molar-refractivity contribution is 0.343.